The molecular weight excluding hydrogens is 527 g/mol. The third-order valence-electron chi connectivity index (χ3n) is 4.55. The van der Waals surface area contributed by atoms with Gasteiger partial charge in [0.15, 0.2) is 5.69 Å². The quantitative estimate of drug-likeness (QED) is 0.252. The van der Waals surface area contributed by atoms with Gasteiger partial charge in [-0.05, 0) is 55.2 Å². The summed E-state index contributed by atoms with van der Waals surface area (Å²) in [5.41, 5.74) is 3.80. The van der Waals surface area contributed by atoms with E-state index < -0.39 is 32.4 Å². The van der Waals surface area contributed by atoms with Gasteiger partial charge in [-0.25, -0.2) is 0 Å². The summed E-state index contributed by atoms with van der Waals surface area (Å²) in [4.78, 5) is 35.0. The Morgan fingerprint density at radius 1 is 1.20 bits per heavy atom. The second-order valence-electron chi connectivity index (χ2n) is 6.76. The molecule has 1 aromatic carbocycles. The number of nitrogens with two attached hydrogens (primary N) is 1. The molecule has 3 rings (SSSR count). The lowest BCUT2D eigenvalue weighted by molar-refractivity contribution is 0.0995. The molecule has 5 N–H and O–H groups in total. The first kappa shape index (κ1) is 26.0. The molecular formula is C18H16Cl2N8O6S. The topological polar surface area (TPSA) is 215 Å². The third kappa shape index (κ3) is 5.54. The summed E-state index contributed by atoms with van der Waals surface area (Å²) in [7, 11) is -4.70. The van der Waals surface area contributed by atoms with Crippen LogP contribution in [-0.2, 0) is 16.7 Å². The zero-order valence-electron chi connectivity index (χ0n) is 17.9. The Hall–Kier alpha value is -3.66. The summed E-state index contributed by atoms with van der Waals surface area (Å²) >= 11 is 11.5. The number of nitrogens with zero attached hydrogens (tertiary/aromatic N) is 6. The molecule has 0 saturated heterocycles. The van der Waals surface area contributed by atoms with Crippen molar-refractivity contribution in [1.82, 2.24) is 19.5 Å². The fourth-order valence-electron chi connectivity index (χ4n) is 3.02. The molecule has 0 unspecified atom stereocenters. The first-order valence-electron chi connectivity index (χ1n) is 9.47. The maximum Gasteiger partial charge on any atom is 0.296 e. The minimum absolute atomic E-state index is 0.00387. The SMILES string of the molecule is CCn1c(O)c(C(N)=O)c(C)c(N=Nc2ccc(S(=O)(=O)O)c(Nc3nc(Cl)nc(Cl)n3)c2)c1=O. The summed E-state index contributed by atoms with van der Waals surface area (Å²) < 4.78 is 34.1. The van der Waals surface area contributed by atoms with E-state index in [4.69, 9.17) is 28.9 Å². The number of azo groups is 1. The molecule has 3 aromatic rings. The lowest BCUT2D eigenvalue weighted by atomic mass is 10.1. The first-order valence-corrected chi connectivity index (χ1v) is 11.7. The molecule has 17 heteroatoms. The van der Waals surface area contributed by atoms with Crippen molar-refractivity contribution in [2.45, 2.75) is 25.3 Å². The summed E-state index contributed by atoms with van der Waals surface area (Å²) in [6.07, 6.45) is 0. The average Bonchev–Trinajstić information content (AvgIpc) is 2.72. The molecule has 2 heterocycles. The summed E-state index contributed by atoms with van der Waals surface area (Å²) in [5, 5.41) is 20.0. The standard InChI is InChI=1S/C18H16Cl2N8O6S/c1-3-28-14(30)11(13(21)29)7(2)12(15(28)31)27-26-8-4-5-10(35(32,33)34)9(6-8)22-18-24-16(19)23-17(20)25-18/h4-6,30H,3H2,1-2H3,(H2,21,29)(H,32,33,34)(H,22,23,24,25). The lowest BCUT2D eigenvalue weighted by Crippen LogP contribution is -2.25. The number of pyridine rings is 1. The van der Waals surface area contributed by atoms with E-state index in [1.165, 1.54) is 13.0 Å². The Bertz CT molecular complexity index is 1520. The van der Waals surface area contributed by atoms with Crippen LogP contribution in [0.15, 0.2) is 38.1 Å². The van der Waals surface area contributed by atoms with E-state index in [0.717, 1.165) is 16.7 Å². The van der Waals surface area contributed by atoms with Gasteiger partial charge in [0.1, 0.15) is 10.5 Å². The fraction of sp³-hybridized carbons (Fsp3) is 0.167. The first-order chi connectivity index (χ1) is 16.3. The number of aromatic nitrogens is 4. The summed E-state index contributed by atoms with van der Waals surface area (Å²) in [6, 6.07) is 3.36. The van der Waals surface area contributed by atoms with Gasteiger partial charge < -0.3 is 16.2 Å². The van der Waals surface area contributed by atoms with Crippen molar-refractivity contribution in [1.29, 1.82) is 0 Å². The predicted octanol–water partition coefficient (Wildman–Crippen LogP) is 2.88. The van der Waals surface area contributed by atoms with E-state index in [0.29, 0.717) is 0 Å². The Morgan fingerprint density at radius 2 is 1.83 bits per heavy atom. The van der Waals surface area contributed by atoms with Gasteiger partial charge in [-0.3, -0.25) is 18.7 Å². The van der Waals surface area contributed by atoms with Crippen molar-refractivity contribution in [3.63, 3.8) is 0 Å². The number of carbonyl (C=O) groups excluding carboxylic acids is 1. The number of amides is 1. The average molecular weight is 543 g/mol. The van der Waals surface area contributed by atoms with Crippen molar-refractivity contribution in [2.75, 3.05) is 5.32 Å². The van der Waals surface area contributed by atoms with Crippen LogP contribution < -0.4 is 16.6 Å². The second kappa shape index (κ2) is 9.91. The number of halogens is 2. The molecule has 0 radical (unpaired) electrons. The highest BCUT2D eigenvalue weighted by Crippen LogP contribution is 2.31. The van der Waals surface area contributed by atoms with Gasteiger partial charge in [0.25, 0.3) is 21.6 Å². The van der Waals surface area contributed by atoms with Crippen LogP contribution in [-0.4, -0.2) is 43.5 Å². The molecule has 0 spiro atoms. The molecule has 184 valence electrons. The Labute approximate surface area is 207 Å². The van der Waals surface area contributed by atoms with Crippen LogP contribution in [0.5, 0.6) is 5.88 Å². The largest absolute Gasteiger partial charge is 0.494 e. The van der Waals surface area contributed by atoms with Crippen LogP contribution in [0.1, 0.15) is 22.8 Å². The molecule has 35 heavy (non-hydrogen) atoms. The van der Waals surface area contributed by atoms with E-state index in [9.17, 15) is 27.7 Å². The van der Waals surface area contributed by atoms with Gasteiger partial charge in [0.05, 0.1) is 11.4 Å². The van der Waals surface area contributed by atoms with Gasteiger partial charge in [-0.2, -0.15) is 28.5 Å². The molecule has 2 aromatic heterocycles. The monoisotopic (exact) mass is 542 g/mol. The third-order valence-corrected chi connectivity index (χ3v) is 5.80. The molecule has 0 atom stereocenters. The minimum atomic E-state index is -4.70. The van der Waals surface area contributed by atoms with Crippen molar-refractivity contribution in [3.05, 3.63) is 50.2 Å². The molecule has 0 bridgehead atoms. The van der Waals surface area contributed by atoms with Gasteiger partial charge in [-0.1, -0.05) is 0 Å². The smallest absolute Gasteiger partial charge is 0.296 e. The summed E-state index contributed by atoms with van der Waals surface area (Å²) in [5.74, 6) is -1.81. The Kier molecular flexibility index (Phi) is 7.35. The maximum absolute atomic E-state index is 12.7. The number of nitrogens with one attached hydrogen (secondary N) is 1. The molecule has 0 aliphatic carbocycles. The van der Waals surface area contributed by atoms with Crippen LogP contribution in [0.2, 0.25) is 10.6 Å². The van der Waals surface area contributed by atoms with Crippen molar-refractivity contribution >= 4 is 62.2 Å². The zero-order chi connectivity index (χ0) is 26.1. The van der Waals surface area contributed by atoms with E-state index in [2.05, 4.69) is 30.5 Å². The molecule has 0 saturated carbocycles. The van der Waals surface area contributed by atoms with Crippen molar-refractivity contribution in [3.8, 4) is 5.88 Å². The zero-order valence-corrected chi connectivity index (χ0v) is 20.2. The molecule has 14 nitrogen and oxygen atoms in total. The number of hydrogen-bond donors (Lipinski definition) is 4. The van der Waals surface area contributed by atoms with Crippen LogP contribution in [0.3, 0.4) is 0 Å². The number of anilines is 2. The molecule has 0 aliphatic rings. The van der Waals surface area contributed by atoms with E-state index >= 15 is 0 Å². The number of aromatic hydroxyl groups is 1. The van der Waals surface area contributed by atoms with Crippen molar-refractivity contribution in [2.24, 2.45) is 16.0 Å². The molecule has 1 amide bonds. The summed E-state index contributed by atoms with van der Waals surface area (Å²) in [6.45, 7) is 2.94. The van der Waals surface area contributed by atoms with Crippen LogP contribution in [0.4, 0.5) is 23.0 Å². The van der Waals surface area contributed by atoms with Crippen molar-refractivity contribution < 1.29 is 22.9 Å². The van der Waals surface area contributed by atoms with E-state index in [-0.39, 0.29) is 51.2 Å². The van der Waals surface area contributed by atoms with Gasteiger partial charge in [0, 0.05) is 12.1 Å². The van der Waals surface area contributed by atoms with Gasteiger partial charge in [0.2, 0.25) is 22.4 Å². The number of hydrogen-bond acceptors (Lipinski definition) is 11. The van der Waals surface area contributed by atoms with E-state index in [1.54, 1.807) is 6.92 Å². The number of carbonyl (C=O) groups is 1. The molecule has 0 fully saturated rings. The predicted molar refractivity (Wildman–Crippen MR) is 125 cm³/mol. The van der Waals surface area contributed by atoms with Gasteiger partial charge >= 0.3 is 0 Å². The highest BCUT2D eigenvalue weighted by atomic mass is 35.5. The number of rotatable bonds is 7. The molecule has 0 aliphatic heterocycles. The minimum Gasteiger partial charge on any atom is -0.494 e. The normalized spacial score (nSPS) is 11.7. The lowest BCUT2D eigenvalue weighted by Gasteiger charge is -2.13. The maximum atomic E-state index is 12.7. The van der Waals surface area contributed by atoms with Gasteiger partial charge in [-0.15, -0.1) is 5.11 Å². The number of benzene rings is 1. The highest BCUT2D eigenvalue weighted by Gasteiger charge is 2.22. The Balaban J connectivity index is 2.13. The number of primary amides is 1. The highest BCUT2D eigenvalue weighted by molar-refractivity contribution is 7.86. The van der Waals surface area contributed by atoms with E-state index in [1.807, 2.05) is 0 Å². The van der Waals surface area contributed by atoms with Crippen LogP contribution in [0.25, 0.3) is 0 Å². The fourth-order valence-corrected chi connectivity index (χ4v) is 4.02. The van der Waals surface area contributed by atoms with Crippen LogP contribution in [0, 0.1) is 6.92 Å². The second-order valence-corrected chi connectivity index (χ2v) is 8.83. The van der Waals surface area contributed by atoms with Crippen LogP contribution >= 0.6 is 23.2 Å². The Morgan fingerprint density at radius 3 is 2.37 bits per heavy atom.